The van der Waals surface area contributed by atoms with Crippen molar-refractivity contribution >= 4 is 23.4 Å². The summed E-state index contributed by atoms with van der Waals surface area (Å²) in [7, 11) is -1.94. The van der Waals surface area contributed by atoms with Gasteiger partial charge in [-0.1, -0.05) is 0 Å². The number of rotatable bonds is 2. The van der Waals surface area contributed by atoms with Gasteiger partial charge in [-0.2, -0.15) is 5.26 Å². The summed E-state index contributed by atoms with van der Waals surface area (Å²) >= 11 is 0. The SMILES string of the molecule is CS(=O)c1ncc(C#N)cc1B1OC(C)(C)C(C)(C)O1. The average molecular weight is 292 g/mol. The fourth-order valence-corrected chi connectivity index (χ4v) is 2.60. The van der Waals surface area contributed by atoms with Crippen LogP contribution in [0.3, 0.4) is 0 Å². The van der Waals surface area contributed by atoms with Crippen molar-refractivity contribution in [2.45, 2.75) is 43.9 Å². The first kappa shape index (κ1) is 15.2. The van der Waals surface area contributed by atoms with Crippen molar-refractivity contribution in [3.8, 4) is 6.07 Å². The van der Waals surface area contributed by atoms with Gasteiger partial charge >= 0.3 is 7.12 Å². The van der Waals surface area contributed by atoms with Crippen LogP contribution in [0.2, 0.25) is 0 Å². The van der Waals surface area contributed by atoms with E-state index in [1.54, 1.807) is 12.3 Å². The Bertz CT molecular complexity index is 594. The molecule has 1 saturated heterocycles. The number of hydrogen-bond donors (Lipinski definition) is 0. The van der Waals surface area contributed by atoms with Crippen molar-refractivity contribution in [2.24, 2.45) is 0 Å². The third-order valence-corrected chi connectivity index (χ3v) is 4.67. The van der Waals surface area contributed by atoms with Crippen LogP contribution in [0, 0.1) is 11.3 Å². The van der Waals surface area contributed by atoms with Crippen LogP contribution in [0.25, 0.3) is 0 Å². The van der Waals surface area contributed by atoms with Crippen LogP contribution >= 0.6 is 0 Å². The molecule has 1 aliphatic rings. The Balaban J connectivity index is 2.48. The minimum atomic E-state index is -1.28. The minimum absolute atomic E-state index is 0.391. The van der Waals surface area contributed by atoms with Gasteiger partial charge in [0.2, 0.25) is 0 Å². The largest absolute Gasteiger partial charge is 0.497 e. The van der Waals surface area contributed by atoms with Gasteiger partial charge < -0.3 is 9.31 Å². The highest BCUT2D eigenvalue weighted by molar-refractivity contribution is 7.84. The van der Waals surface area contributed by atoms with Crippen molar-refractivity contribution < 1.29 is 13.5 Å². The first-order valence-electron chi connectivity index (χ1n) is 6.27. The second kappa shape index (κ2) is 4.95. The van der Waals surface area contributed by atoms with Crippen molar-refractivity contribution in [1.29, 1.82) is 5.26 Å². The van der Waals surface area contributed by atoms with Crippen LogP contribution in [0.15, 0.2) is 17.3 Å². The summed E-state index contributed by atoms with van der Waals surface area (Å²) in [6.45, 7) is 7.77. The molecular formula is C13H17BN2O3S. The number of nitrogens with zero attached hydrogens (tertiary/aromatic N) is 2. The Kier molecular flexibility index (Phi) is 3.76. The van der Waals surface area contributed by atoms with Gasteiger partial charge in [-0.3, -0.25) is 4.21 Å². The average Bonchev–Trinajstić information content (AvgIpc) is 2.57. The molecule has 0 radical (unpaired) electrons. The highest BCUT2D eigenvalue weighted by Gasteiger charge is 2.52. The lowest BCUT2D eigenvalue weighted by Gasteiger charge is -2.32. The highest BCUT2D eigenvalue weighted by Crippen LogP contribution is 2.36. The van der Waals surface area contributed by atoms with Crippen molar-refractivity contribution in [1.82, 2.24) is 4.98 Å². The molecule has 2 heterocycles. The first-order valence-corrected chi connectivity index (χ1v) is 7.83. The molecule has 1 fully saturated rings. The third kappa shape index (κ3) is 2.51. The van der Waals surface area contributed by atoms with E-state index >= 15 is 0 Å². The standard InChI is InChI=1S/C13H17BN2O3S/c1-12(2)13(3,4)19-14(18-12)10-6-9(7-15)8-16-11(10)20(5)17/h6,8H,1-5H3. The van der Waals surface area contributed by atoms with E-state index < -0.39 is 29.1 Å². The van der Waals surface area contributed by atoms with Crippen molar-refractivity contribution in [2.75, 3.05) is 6.26 Å². The lowest BCUT2D eigenvalue weighted by molar-refractivity contribution is 0.00578. The molecule has 5 nitrogen and oxygen atoms in total. The molecule has 7 heteroatoms. The van der Waals surface area contributed by atoms with Crippen molar-refractivity contribution in [3.05, 3.63) is 17.8 Å². The molecule has 0 bridgehead atoms. The molecule has 0 aliphatic carbocycles. The van der Waals surface area contributed by atoms with Gasteiger partial charge in [0, 0.05) is 17.9 Å². The zero-order valence-electron chi connectivity index (χ0n) is 12.3. The Labute approximate surface area is 121 Å². The predicted octanol–water partition coefficient (Wildman–Crippen LogP) is 0.990. The Morgan fingerprint density at radius 1 is 1.30 bits per heavy atom. The molecule has 0 saturated carbocycles. The Morgan fingerprint density at radius 3 is 2.30 bits per heavy atom. The zero-order valence-corrected chi connectivity index (χ0v) is 13.1. The van der Waals surface area contributed by atoms with Crippen LogP contribution in [0.1, 0.15) is 33.3 Å². The first-order chi connectivity index (χ1) is 9.18. The normalized spacial score (nSPS) is 21.5. The summed E-state index contributed by atoms with van der Waals surface area (Å²) in [5, 5.41) is 9.38. The maximum Gasteiger partial charge on any atom is 0.497 e. The molecule has 1 unspecified atom stereocenters. The summed E-state index contributed by atoms with van der Waals surface area (Å²) < 4.78 is 23.7. The van der Waals surface area contributed by atoms with E-state index in [4.69, 9.17) is 14.6 Å². The molecule has 0 N–H and O–H groups in total. The van der Waals surface area contributed by atoms with Gasteiger partial charge in [-0.15, -0.1) is 0 Å². The quantitative estimate of drug-likeness (QED) is 0.760. The highest BCUT2D eigenvalue weighted by atomic mass is 32.2. The Hall–Kier alpha value is -1.23. The lowest BCUT2D eigenvalue weighted by Crippen LogP contribution is -2.41. The third-order valence-electron chi connectivity index (χ3n) is 3.79. The van der Waals surface area contributed by atoms with E-state index in [1.807, 2.05) is 33.8 Å². The summed E-state index contributed by atoms with van der Waals surface area (Å²) in [6.07, 6.45) is 2.95. The van der Waals surface area contributed by atoms with Gasteiger partial charge in [-0.05, 0) is 33.8 Å². The minimum Gasteiger partial charge on any atom is -0.399 e. The van der Waals surface area contributed by atoms with Gasteiger partial charge in [-0.25, -0.2) is 4.98 Å². The molecule has 1 aliphatic heterocycles. The summed E-state index contributed by atoms with van der Waals surface area (Å²) in [5.41, 5.74) is -0.0351. The smallest absolute Gasteiger partial charge is 0.399 e. The summed E-state index contributed by atoms with van der Waals surface area (Å²) in [5.74, 6) is 0. The van der Waals surface area contributed by atoms with Crippen LogP contribution in [-0.2, 0) is 20.1 Å². The van der Waals surface area contributed by atoms with Gasteiger partial charge in [0.25, 0.3) is 0 Å². The molecule has 0 amide bonds. The van der Waals surface area contributed by atoms with Crippen LogP contribution < -0.4 is 5.46 Å². The molecule has 1 aromatic heterocycles. The molecule has 0 spiro atoms. The lowest BCUT2D eigenvalue weighted by atomic mass is 9.79. The van der Waals surface area contributed by atoms with Gasteiger partial charge in [0.05, 0.1) is 27.6 Å². The topological polar surface area (TPSA) is 72.2 Å². The molecule has 1 aromatic rings. The number of pyridine rings is 1. The maximum absolute atomic E-state index is 11.8. The number of hydrogen-bond acceptors (Lipinski definition) is 5. The van der Waals surface area contributed by atoms with Crippen LogP contribution in [0.4, 0.5) is 0 Å². The van der Waals surface area contributed by atoms with Gasteiger partial charge in [0.1, 0.15) is 11.1 Å². The molecule has 0 aromatic carbocycles. The molecule has 1 atom stereocenters. The second-order valence-corrected chi connectivity index (χ2v) is 7.07. The molecular weight excluding hydrogens is 275 g/mol. The van der Waals surface area contributed by atoms with Crippen LogP contribution in [0.5, 0.6) is 0 Å². The zero-order chi connectivity index (χ0) is 15.1. The van der Waals surface area contributed by atoms with Crippen LogP contribution in [-0.4, -0.2) is 33.8 Å². The fraction of sp³-hybridized carbons (Fsp3) is 0.538. The van der Waals surface area contributed by atoms with Crippen molar-refractivity contribution in [3.63, 3.8) is 0 Å². The fourth-order valence-electron chi connectivity index (χ4n) is 1.91. The van der Waals surface area contributed by atoms with Gasteiger partial charge in [0.15, 0.2) is 0 Å². The van der Waals surface area contributed by atoms with E-state index in [0.29, 0.717) is 16.1 Å². The molecule has 20 heavy (non-hydrogen) atoms. The van der Waals surface area contributed by atoms with E-state index in [1.165, 1.54) is 6.20 Å². The number of nitriles is 1. The monoisotopic (exact) mass is 292 g/mol. The molecule has 106 valence electrons. The van der Waals surface area contributed by atoms with E-state index in [9.17, 15) is 4.21 Å². The van der Waals surface area contributed by atoms with E-state index in [0.717, 1.165) is 0 Å². The second-order valence-electron chi connectivity index (χ2n) is 5.77. The number of aromatic nitrogens is 1. The summed E-state index contributed by atoms with van der Waals surface area (Å²) in [4.78, 5) is 4.11. The van der Waals surface area contributed by atoms with E-state index in [2.05, 4.69) is 4.98 Å². The van der Waals surface area contributed by atoms with E-state index in [-0.39, 0.29) is 0 Å². The Morgan fingerprint density at radius 2 is 1.85 bits per heavy atom. The predicted molar refractivity (Wildman–Crippen MR) is 77.0 cm³/mol. The summed E-state index contributed by atoms with van der Waals surface area (Å²) in [6, 6.07) is 3.66. The maximum atomic E-state index is 11.8. The molecule has 2 rings (SSSR count).